The van der Waals surface area contributed by atoms with E-state index < -0.39 is 34.6 Å². The van der Waals surface area contributed by atoms with Crippen molar-refractivity contribution in [3.63, 3.8) is 0 Å². The average Bonchev–Trinajstić information content (AvgIpc) is 3.08. The van der Waals surface area contributed by atoms with Gasteiger partial charge in [-0.3, -0.25) is 19.7 Å². The summed E-state index contributed by atoms with van der Waals surface area (Å²) in [6.45, 7) is 2.07. The number of amides is 1. The summed E-state index contributed by atoms with van der Waals surface area (Å²) in [6, 6.07) is 1.67. The molecule has 21 heavy (non-hydrogen) atoms. The first-order valence-electron chi connectivity index (χ1n) is 6.31. The Bertz CT molecular complexity index is 568. The number of aliphatic carboxylic acids is 1. The Labute approximate surface area is 119 Å². The molecule has 1 aromatic rings. The molecule has 1 fully saturated rings. The number of likely N-dealkylation sites (N-methyl/N-ethyl adjacent to an activating group) is 1. The van der Waals surface area contributed by atoms with E-state index in [-0.39, 0.29) is 25.5 Å². The molecule has 1 aliphatic rings. The summed E-state index contributed by atoms with van der Waals surface area (Å²) in [4.78, 5) is 34.6. The molecule has 2 heterocycles. The first-order valence-corrected chi connectivity index (χ1v) is 6.31. The number of hydrogen-bond acceptors (Lipinski definition) is 6. The van der Waals surface area contributed by atoms with Crippen molar-refractivity contribution in [1.82, 2.24) is 4.90 Å². The molecule has 1 aliphatic heterocycles. The van der Waals surface area contributed by atoms with Crippen LogP contribution in [0.15, 0.2) is 16.5 Å². The summed E-state index contributed by atoms with van der Waals surface area (Å²) in [5.74, 6) is -3.19. The van der Waals surface area contributed by atoms with Crippen LogP contribution in [-0.4, -0.2) is 52.6 Å². The van der Waals surface area contributed by atoms with Crippen molar-refractivity contribution in [2.45, 2.75) is 13.0 Å². The molecule has 9 nitrogen and oxygen atoms in total. The summed E-state index contributed by atoms with van der Waals surface area (Å²) in [6.07, 6.45) is 0. The van der Waals surface area contributed by atoms with Gasteiger partial charge in [0.15, 0.2) is 5.76 Å². The van der Waals surface area contributed by atoms with Gasteiger partial charge in [0.05, 0.1) is 25.3 Å². The van der Waals surface area contributed by atoms with Gasteiger partial charge < -0.3 is 19.2 Å². The summed E-state index contributed by atoms with van der Waals surface area (Å²) < 4.78 is 10.00. The van der Waals surface area contributed by atoms with E-state index in [2.05, 4.69) is 0 Å². The molecule has 0 aromatic carbocycles. The fourth-order valence-electron chi connectivity index (χ4n) is 2.30. The Hall–Kier alpha value is -2.42. The second-order valence-electron chi connectivity index (χ2n) is 4.54. The van der Waals surface area contributed by atoms with Crippen molar-refractivity contribution in [3.05, 3.63) is 28.0 Å². The van der Waals surface area contributed by atoms with Crippen molar-refractivity contribution in [2.24, 2.45) is 5.92 Å². The van der Waals surface area contributed by atoms with Crippen molar-refractivity contribution in [1.29, 1.82) is 0 Å². The normalized spacial score (nSPS) is 21.2. The lowest BCUT2D eigenvalue weighted by Crippen LogP contribution is -2.46. The molecule has 9 heteroatoms. The molecule has 1 amide bonds. The molecule has 114 valence electrons. The number of hydrogen-bond donors (Lipinski definition) is 1. The SMILES string of the molecule is CCN(C(=O)c1ccc([N+](=O)[O-])o1)C1COCC1C(=O)O. The molecule has 0 bridgehead atoms. The molecule has 1 aromatic heterocycles. The lowest BCUT2D eigenvalue weighted by molar-refractivity contribution is -0.402. The quantitative estimate of drug-likeness (QED) is 0.628. The summed E-state index contributed by atoms with van der Waals surface area (Å²) in [7, 11) is 0. The zero-order valence-corrected chi connectivity index (χ0v) is 11.2. The molecule has 2 atom stereocenters. The third kappa shape index (κ3) is 2.87. The van der Waals surface area contributed by atoms with E-state index in [1.54, 1.807) is 6.92 Å². The molecule has 2 rings (SSSR count). The Morgan fingerprint density at radius 2 is 2.19 bits per heavy atom. The van der Waals surface area contributed by atoms with E-state index >= 15 is 0 Å². The van der Waals surface area contributed by atoms with Gasteiger partial charge in [0.25, 0.3) is 5.91 Å². The van der Waals surface area contributed by atoms with Gasteiger partial charge in [0.1, 0.15) is 10.8 Å². The van der Waals surface area contributed by atoms with Crippen LogP contribution in [0.5, 0.6) is 0 Å². The zero-order chi connectivity index (χ0) is 15.6. The van der Waals surface area contributed by atoms with Gasteiger partial charge in [-0.05, 0) is 13.0 Å². The van der Waals surface area contributed by atoms with Gasteiger partial charge in [-0.15, -0.1) is 0 Å². The second-order valence-corrected chi connectivity index (χ2v) is 4.54. The molecular formula is C12H14N2O7. The molecule has 0 spiro atoms. The van der Waals surface area contributed by atoms with E-state index in [1.165, 1.54) is 11.0 Å². The standard InChI is InChI=1S/C12H14N2O7/c1-2-13(8-6-20-5-7(8)12(16)17)11(15)9-3-4-10(21-9)14(18)19/h3-4,7-8H,2,5-6H2,1H3,(H,16,17). The molecule has 0 radical (unpaired) electrons. The summed E-state index contributed by atoms with van der Waals surface area (Å²) >= 11 is 0. The fourth-order valence-corrected chi connectivity index (χ4v) is 2.30. The van der Waals surface area contributed by atoms with Crippen LogP contribution in [-0.2, 0) is 9.53 Å². The Morgan fingerprint density at radius 1 is 1.48 bits per heavy atom. The van der Waals surface area contributed by atoms with Crippen LogP contribution in [0.1, 0.15) is 17.5 Å². The first-order chi connectivity index (χ1) is 9.95. The van der Waals surface area contributed by atoms with Crippen LogP contribution in [0.4, 0.5) is 5.88 Å². The first kappa shape index (κ1) is 15.0. The highest BCUT2D eigenvalue weighted by Crippen LogP contribution is 2.24. The Kier molecular flexibility index (Phi) is 4.22. The van der Waals surface area contributed by atoms with Crippen molar-refractivity contribution in [2.75, 3.05) is 19.8 Å². The highest BCUT2D eigenvalue weighted by Gasteiger charge is 2.40. The van der Waals surface area contributed by atoms with Crippen LogP contribution < -0.4 is 0 Å². The summed E-state index contributed by atoms with van der Waals surface area (Å²) in [5, 5.41) is 19.7. The number of nitrogens with zero attached hydrogens (tertiary/aromatic N) is 2. The van der Waals surface area contributed by atoms with Crippen LogP contribution in [0.3, 0.4) is 0 Å². The van der Waals surface area contributed by atoms with Crippen LogP contribution in [0, 0.1) is 16.0 Å². The van der Waals surface area contributed by atoms with Crippen molar-refractivity contribution < 1.29 is 28.8 Å². The number of nitro groups is 1. The Balaban J connectivity index is 2.21. The molecule has 2 unspecified atom stereocenters. The third-order valence-electron chi connectivity index (χ3n) is 3.35. The van der Waals surface area contributed by atoms with Gasteiger partial charge in [-0.2, -0.15) is 0 Å². The van der Waals surface area contributed by atoms with E-state index in [0.29, 0.717) is 0 Å². The van der Waals surface area contributed by atoms with Gasteiger partial charge >= 0.3 is 11.9 Å². The van der Waals surface area contributed by atoms with E-state index in [0.717, 1.165) is 6.07 Å². The molecule has 0 saturated carbocycles. The lowest BCUT2D eigenvalue weighted by Gasteiger charge is -2.28. The van der Waals surface area contributed by atoms with Crippen LogP contribution >= 0.6 is 0 Å². The van der Waals surface area contributed by atoms with E-state index in [9.17, 15) is 19.7 Å². The molecule has 1 N–H and O–H groups in total. The predicted octanol–water partition coefficient (Wildman–Crippen LogP) is 0.750. The maximum absolute atomic E-state index is 12.3. The molecular weight excluding hydrogens is 284 g/mol. The monoisotopic (exact) mass is 298 g/mol. The highest BCUT2D eigenvalue weighted by molar-refractivity contribution is 5.92. The number of carboxylic acid groups (broad SMARTS) is 1. The van der Waals surface area contributed by atoms with Gasteiger partial charge in [0.2, 0.25) is 0 Å². The van der Waals surface area contributed by atoms with Gasteiger partial charge in [-0.1, -0.05) is 0 Å². The van der Waals surface area contributed by atoms with Crippen molar-refractivity contribution in [3.8, 4) is 0 Å². The number of ether oxygens (including phenoxy) is 1. The van der Waals surface area contributed by atoms with Crippen LogP contribution in [0.2, 0.25) is 0 Å². The van der Waals surface area contributed by atoms with Gasteiger partial charge in [-0.25, -0.2) is 0 Å². The number of rotatable bonds is 5. The smallest absolute Gasteiger partial charge is 0.433 e. The zero-order valence-electron chi connectivity index (χ0n) is 11.2. The second kappa shape index (κ2) is 5.92. The largest absolute Gasteiger partial charge is 0.481 e. The number of carboxylic acids is 1. The predicted molar refractivity (Wildman–Crippen MR) is 67.8 cm³/mol. The number of carbonyl (C=O) groups is 2. The molecule has 1 saturated heterocycles. The maximum Gasteiger partial charge on any atom is 0.433 e. The third-order valence-corrected chi connectivity index (χ3v) is 3.35. The Morgan fingerprint density at radius 3 is 2.71 bits per heavy atom. The minimum atomic E-state index is -1.05. The number of carbonyl (C=O) groups excluding carboxylic acids is 1. The average molecular weight is 298 g/mol. The van der Waals surface area contributed by atoms with Gasteiger partial charge in [0, 0.05) is 6.54 Å². The van der Waals surface area contributed by atoms with E-state index in [4.69, 9.17) is 14.3 Å². The highest BCUT2D eigenvalue weighted by atomic mass is 16.6. The molecule has 0 aliphatic carbocycles. The van der Waals surface area contributed by atoms with E-state index in [1.807, 2.05) is 0 Å². The topological polar surface area (TPSA) is 123 Å². The lowest BCUT2D eigenvalue weighted by atomic mass is 10.0. The minimum absolute atomic E-state index is 0.0298. The number of furan rings is 1. The van der Waals surface area contributed by atoms with Crippen LogP contribution in [0.25, 0.3) is 0 Å². The van der Waals surface area contributed by atoms with Crippen molar-refractivity contribution >= 4 is 17.8 Å². The maximum atomic E-state index is 12.3. The fraction of sp³-hybridized carbons (Fsp3) is 0.500. The summed E-state index contributed by atoms with van der Waals surface area (Å²) in [5.41, 5.74) is 0. The minimum Gasteiger partial charge on any atom is -0.481 e.